The number of oxime groups is 1. The van der Waals surface area contributed by atoms with Gasteiger partial charge in [0.15, 0.2) is 5.76 Å². The van der Waals surface area contributed by atoms with E-state index in [4.69, 9.17) is 15.4 Å². The molecule has 1 heterocycles. The first-order valence-corrected chi connectivity index (χ1v) is 5.19. The molecule has 0 aromatic carbocycles. The van der Waals surface area contributed by atoms with Crippen LogP contribution in [0.1, 0.15) is 30.0 Å². The molecule has 0 aliphatic carbocycles. The molecule has 0 spiro atoms. The van der Waals surface area contributed by atoms with Crippen LogP contribution in [-0.4, -0.2) is 23.5 Å². The average molecular weight is 239 g/mol. The molecule has 0 aliphatic heterocycles. The average Bonchev–Trinajstić information content (AvgIpc) is 2.71. The molecule has 1 aromatic heterocycles. The molecule has 1 aromatic rings. The van der Waals surface area contributed by atoms with E-state index in [0.717, 1.165) is 5.56 Å². The van der Waals surface area contributed by atoms with Crippen molar-refractivity contribution in [3.63, 3.8) is 0 Å². The number of amides is 1. The highest BCUT2D eigenvalue weighted by molar-refractivity contribution is 5.93. The third-order valence-corrected chi connectivity index (χ3v) is 2.56. The van der Waals surface area contributed by atoms with Gasteiger partial charge >= 0.3 is 0 Å². The maximum atomic E-state index is 11.7. The van der Waals surface area contributed by atoms with Crippen molar-refractivity contribution < 1.29 is 14.4 Å². The molecule has 0 saturated carbocycles. The number of carbonyl (C=O) groups is 1. The number of aryl methyl sites for hydroxylation is 1. The molecular formula is C11H17N3O3. The van der Waals surface area contributed by atoms with E-state index in [-0.39, 0.29) is 24.0 Å². The van der Waals surface area contributed by atoms with Gasteiger partial charge in [-0.15, -0.1) is 0 Å². The second kappa shape index (κ2) is 4.90. The number of nitrogens with zero attached hydrogens (tertiary/aromatic N) is 1. The molecule has 1 rings (SSSR count). The lowest BCUT2D eigenvalue weighted by Gasteiger charge is -2.22. The Balaban J connectivity index is 2.64. The van der Waals surface area contributed by atoms with Gasteiger partial charge in [0.2, 0.25) is 0 Å². The van der Waals surface area contributed by atoms with Crippen molar-refractivity contribution in [3.8, 4) is 0 Å². The molecule has 0 atom stereocenters. The predicted octanol–water partition coefficient (Wildman–Crippen LogP) is 1.09. The van der Waals surface area contributed by atoms with Crippen molar-refractivity contribution in [1.82, 2.24) is 5.32 Å². The van der Waals surface area contributed by atoms with E-state index in [0.29, 0.717) is 0 Å². The maximum absolute atomic E-state index is 11.7. The first-order chi connectivity index (χ1) is 7.88. The summed E-state index contributed by atoms with van der Waals surface area (Å²) >= 11 is 0. The van der Waals surface area contributed by atoms with Crippen molar-refractivity contribution in [2.24, 2.45) is 16.3 Å². The van der Waals surface area contributed by atoms with Crippen LogP contribution in [0.5, 0.6) is 0 Å². The fraction of sp³-hybridized carbons (Fsp3) is 0.455. The molecule has 6 nitrogen and oxygen atoms in total. The number of hydrogen-bond donors (Lipinski definition) is 3. The number of furan rings is 1. The molecule has 0 aliphatic rings. The van der Waals surface area contributed by atoms with Gasteiger partial charge in [0.05, 0.1) is 6.26 Å². The number of carbonyl (C=O) groups excluding carboxylic acids is 1. The minimum atomic E-state index is -0.620. The quantitative estimate of drug-likeness (QED) is 0.317. The highest BCUT2D eigenvalue weighted by atomic mass is 16.4. The van der Waals surface area contributed by atoms with Crippen LogP contribution in [0, 0.1) is 12.3 Å². The second-order valence-electron chi connectivity index (χ2n) is 4.48. The Morgan fingerprint density at radius 3 is 2.76 bits per heavy atom. The minimum absolute atomic E-state index is 0.0639. The summed E-state index contributed by atoms with van der Waals surface area (Å²) in [7, 11) is 0. The number of nitrogens with one attached hydrogen (secondary N) is 1. The van der Waals surface area contributed by atoms with Crippen molar-refractivity contribution in [1.29, 1.82) is 0 Å². The normalized spacial score (nSPS) is 12.5. The van der Waals surface area contributed by atoms with Gasteiger partial charge in [-0.2, -0.15) is 0 Å². The summed E-state index contributed by atoms with van der Waals surface area (Å²) in [6.07, 6.45) is 1.46. The van der Waals surface area contributed by atoms with E-state index < -0.39 is 5.41 Å². The highest BCUT2D eigenvalue weighted by Crippen LogP contribution is 2.14. The topological polar surface area (TPSA) is 101 Å². The van der Waals surface area contributed by atoms with Gasteiger partial charge < -0.3 is 20.7 Å². The lowest BCUT2D eigenvalue weighted by molar-refractivity contribution is 0.0915. The fourth-order valence-electron chi connectivity index (χ4n) is 1.21. The van der Waals surface area contributed by atoms with E-state index in [2.05, 4.69) is 10.5 Å². The molecule has 17 heavy (non-hydrogen) atoms. The highest BCUT2D eigenvalue weighted by Gasteiger charge is 2.25. The molecule has 0 fully saturated rings. The smallest absolute Gasteiger partial charge is 0.287 e. The van der Waals surface area contributed by atoms with Crippen LogP contribution in [0.2, 0.25) is 0 Å². The van der Waals surface area contributed by atoms with Crippen molar-refractivity contribution in [2.45, 2.75) is 20.8 Å². The van der Waals surface area contributed by atoms with Crippen LogP contribution < -0.4 is 11.1 Å². The summed E-state index contributed by atoms with van der Waals surface area (Å²) in [4.78, 5) is 11.7. The summed E-state index contributed by atoms with van der Waals surface area (Å²) in [5.41, 5.74) is 5.66. The molecule has 4 N–H and O–H groups in total. The van der Waals surface area contributed by atoms with Gasteiger partial charge in [-0.3, -0.25) is 4.79 Å². The summed E-state index contributed by atoms with van der Waals surface area (Å²) in [6, 6.07) is 1.71. The molecule has 0 unspecified atom stereocenters. The largest absolute Gasteiger partial charge is 0.459 e. The van der Waals surface area contributed by atoms with E-state index >= 15 is 0 Å². The molecule has 0 bridgehead atoms. The zero-order chi connectivity index (χ0) is 13.1. The Labute approximate surface area is 99.5 Å². The third-order valence-electron chi connectivity index (χ3n) is 2.56. The van der Waals surface area contributed by atoms with E-state index in [1.165, 1.54) is 6.26 Å². The Morgan fingerprint density at radius 1 is 1.65 bits per heavy atom. The lowest BCUT2D eigenvalue weighted by atomic mass is 9.92. The Bertz CT molecular complexity index is 435. The zero-order valence-electron chi connectivity index (χ0n) is 10.2. The standard InChI is InChI=1S/C11H17N3O3/c1-7-4-5-17-8(7)9(15)13-6-11(2,3)10(12)14-16/h4-5,16H,6H2,1-3H3,(H2,12,14)(H,13,15). The first kappa shape index (κ1) is 13.1. The Morgan fingerprint density at radius 2 is 2.29 bits per heavy atom. The maximum Gasteiger partial charge on any atom is 0.287 e. The first-order valence-electron chi connectivity index (χ1n) is 5.19. The molecule has 1 amide bonds. The van der Waals surface area contributed by atoms with E-state index in [9.17, 15) is 4.79 Å². The number of rotatable bonds is 4. The summed E-state index contributed by atoms with van der Waals surface area (Å²) in [6.45, 7) is 5.56. The van der Waals surface area contributed by atoms with Crippen LogP contribution in [0.25, 0.3) is 0 Å². The van der Waals surface area contributed by atoms with Crippen LogP contribution >= 0.6 is 0 Å². The minimum Gasteiger partial charge on any atom is -0.459 e. The van der Waals surface area contributed by atoms with Crippen molar-refractivity contribution >= 4 is 11.7 Å². The van der Waals surface area contributed by atoms with Gasteiger partial charge in [0.25, 0.3) is 5.91 Å². The zero-order valence-corrected chi connectivity index (χ0v) is 10.2. The Kier molecular flexibility index (Phi) is 3.77. The fourth-order valence-corrected chi connectivity index (χ4v) is 1.21. The van der Waals surface area contributed by atoms with Crippen LogP contribution in [0.4, 0.5) is 0 Å². The van der Waals surface area contributed by atoms with E-state index in [1.807, 2.05) is 0 Å². The summed E-state index contributed by atoms with van der Waals surface area (Å²) in [5.74, 6) is 0.0283. The van der Waals surface area contributed by atoms with Gasteiger partial charge in [-0.05, 0) is 13.0 Å². The lowest BCUT2D eigenvalue weighted by Crippen LogP contribution is -2.42. The van der Waals surface area contributed by atoms with Gasteiger partial charge in [-0.25, -0.2) is 0 Å². The predicted molar refractivity (Wildman–Crippen MR) is 63.0 cm³/mol. The SMILES string of the molecule is Cc1ccoc1C(=O)NCC(C)(C)/C(N)=N/O. The van der Waals surface area contributed by atoms with Crippen LogP contribution in [0.3, 0.4) is 0 Å². The van der Waals surface area contributed by atoms with Crippen molar-refractivity contribution in [2.75, 3.05) is 6.54 Å². The number of amidine groups is 1. The monoisotopic (exact) mass is 239 g/mol. The molecule has 6 heteroatoms. The number of nitrogens with two attached hydrogens (primary N) is 1. The summed E-state index contributed by atoms with van der Waals surface area (Å²) in [5, 5.41) is 14.2. The Hall–Kier alpha value is -1.98. The van der Waals surface area contributed by atoms with Crippen LogP contribution in [0.15, 0.2) is 21.9 Å². The molecular weight excluding hydrogens is 222 g/mol. The third kappa shape index (κ3) is 2.99. The van der Waals surface area contributed by atoms with Gasteiger partial charge in [0.1, 0.15) is 5.84 Å². The second-order valence-corrected chi connectivity index (χ2v) is 4.48. The molecule has 94 valence electrons. The molecule has 0 saturated heterocycles. The van der Waals surface area contributed by atoms with Gasteiger partial charge in [0, 0.05) is 17.5 Å². The van der Waals surface area contributed by atoms with E-state index in [1.54, 1.807) is 26.8 Å². The van der Waals surface area contributed by atoms with Crippen LogP contribution in [-0.2, 0) is 0 Å². The molecule has 0 radical (unpaired) electrons. The number of hydrogen-bond acceptors (Lipinski definition) is 4. The van der Waals surface area contributed by atoms with Crippen molar-refractivity contribution in [3.05, 3.63) is 23.7 Å². The summed E-state index contributed by atoms with van der Waals surface area (Å²) < 4.78 is 5.06. The van der Waals surface area contributed by atoms with Gasteiger partial charge in [-0.1, -0.05) is 19.0 Å².